The maximum Gasteiger partial charge on any atom is 0.257 e. The highest BCUT2D eigenvalue weighted by Gasteiger charge is 2.35. The van der Waals surface area contributed by atoms with Crippen molar-refractivity contribution in [2.45, 2.75) is 25.9 Å². The summed E-state index contributed by atoms with van der Waals surface area (Å²) in [5, 5.41) is 6.43. The van der Waals surface area contributed by atoms with Crippen molar-refractivity contribution in [3.05, 3.63) is 95.1 Å². The van der Waals surface area contributed by atoms with Crippen LogP contribution in [0.4, 0.5) is 0 Å². The molecule has 1 aliphatic rings. The van der Waals surface area contributed by atoms with E-state index >= 15 is 0 Å². The molecule has 1 aliphatic heterocycles. The molecular formula is C28H31N3O3. The molecule has 0 N–H and O–H groups in total. The van der Waals surface area contributed by atoms with E-state index < -0.39 is 0 Å². The lowest BCUT2D eigenvalue weighted by atomic mass is 9.97. The maximum absolute atomic E-state index is 13.5. The average molecular weight is 458 g/mol. The summed E-state index contributed by atoms with van der Waals surface area (Å²) in [6.07, 6.45) is 0.598. The molecule has 3 aromatic rings. The number of aryl methyl sites for hydroxylation is 1. The van der Waals surface area contributed by atoms with Gasteiger partial charge in [-0.3, -0.25) is 9.69 Å². The minimum absolute atomic E-state index is 0.0598. The van der Waals surface area contributed by atoms with Gasteiger partial charge in [-0.15, -0.1) is 0 Å². The first-order valence-electron chi connectivity index (χ1n) is 11.4. The van der Waals surface area contributed by atoms with Gasteiger partial charge in [0.2, 0.25) is 0 Å². The fourth-order valence-corrected chi connectivity index (χ4v) is 4.26. The van der Waals surface area contributed by atoms with E-state index in [1.165, 1.54) is 5.56 Å². The minimum Gasteiger partial charge on any atom is -0.497 e. The molecule has 1 unspecified atom stereocenters. The van der Waals surface area contributed by atoms with Crippen LogP contribution in [0, 0.1) is 6.92 Å². The van der Waals surface area contributed by atoms with Crippen LogP contribution < -0.4 is 9.47 Å². The first kappa shape index (κ1) is 23.5. The van der Waals surface area contributed by atoms with Crippen LogP contribution in [-0.4, -0.2) is 49.3 Å². The summed E-state index contributed by atoms with van der Waals surface area (Å²) in [5.41, 5.74) is 5.13. The molecule has 4 rings (SSSR count). The van der Waals surface area contributed by atoms with Crippen molar-refractivity contribution in [2.75, 3.05) is 27.8 Å². The Hall–Kier alpha value is -3.64. The summed E-state index contributed by atoms with van der Waals surface area (Å²) in [6, 6.07) is 23.8. The van der Waals surface area contributed by atoms with E-state index in [-0.39, 0.29) is 18.5 Å². The van der Waals surface area contributed by atoms with E-state index in [1.54, 1.807) is 19.2 Å². The number of carbonyl (C=O) groups is 1. The van der Waals surface area contributed by atoms with Crippen LogP contribution in [0.2, 0.25) is 0 Å². The third kappa shape index (κ3) is 5.29. The summed E-state index contributed by atoms with van der Waals surface area (Å²) in [4.78, 5) is 15.5. The zero-order chi connectivity index (χ0) is 24.1. The standard InChI is InChI=1S/C28H31N3O3/c1-20-10-12-22(13-11-20)25-17-26(24-16-23(33-3)14-15-27(24)34-4)31(29-25)28(32)19-30(2)18-21-8-6-5-7-9-21/h5-16,26H,17-19H2,1-4H3. The number of carbonyl (C=O) groups excluding carboxylic acids is 1. The number of rotatable bonds is 8. The monoisotopic (exact) mass is 457 g/mol. The topological polar surface area (TPSA) is 54.4 Å². The molecule has 34 heavy (non-hydrogen) atoms. The third-order valence-corrected chi connectivity index (χ3v) is 6.05. The predicted octanol–water partition coefficient (Wildman–Crippen LogP) is 4.82. The van der Waals surface area contributed by atoms with Crippen molar-refractivity contribution in [2.24, 2.45) is 5.10 Å². The lowest BCUT2D eigenvalue weighted by Crippen LogP contribution is -2.36. The normalized spacial score (nSPS) is 15.4. The molecule has 0 fully saturated rings. The van der Waals surface area contributed by atoms with E-state index in [9.17, 15) is 4.79 Å². The highest BCUT2D eigenvalue weighted by molar-refractivity contribution is 6.03. The van der Waals surface area contributed by atoms with Crippen LogP contribution in [0.5, 0.6) is 11.5 Å². The number of hydrogen-bond donors (Lipinski definition) is 0. The highest BCUT2D eigenvalue weighted by atomic mass is 16.5. The van der Waals surface area contributed by atoms with E-state index in [1.807, 2.05) is 48.3 Å². The van der Waals surface area contributed by atoms with E-state index in [2.05, 4.69) is 43.3 Å². The van der Waals surface area contributed by atoms with Crippen molar-refractivity contribution < 1.29 is 14.3 Å². The second-order valence-electron chi connectivity index (χ2n) is 8.64. The molecule has 6 nitrogen and oxygen atoms in total. The molecule has 0 aliphatic carbocycles. The fraction of sp³-hybridized carbons (Fsp3) is 0.286. The molecule has 1 atom stereocenters. The van der Waals surface area contributed by atoms with E-state index in [4.69, 9.17) is 14.6 Å². The number of amides is 1. The minimum atomic E-state index is -0.279. The van der Waals surface area contributed by atoms with Crippen molar-refractivity contribution in [3.63, 3.8) is 0 Å². The molecule has 1 heterocycles. The second-order valence-corrected chi connectivity index (χ2v) is 8.64. The highest BCUT2D eigenvalue weighted by Crippen LogP contribution is 2.39. The smallest absolute Gasteiger partial charge is 0.257 e. The van der Waals surface area contributed by atoms with Crippen LogP contribution in [0.25, 0.3) is 0 Å². The number of benzene rings is 3. The zero-order valence-corrected chi connectivity index (χ0v) is 20.2. The maximum atomic E-state index is 13.5. The van der Waals surface area contributed by atoms with Crippen LogP contribution >= 0.6 is 0 Å². The van der Waals surface area contributed by atoms with Gasteiger partial charge in [-0.1, -0.05) is 60.2 Å². The van der Waals surface area contributed by atoms with Crippen LogP contribution in [-0.2, 0) is 11.3 Å². The molecule has 1 amide bonds. The first-order chi connectivity index (χ1) is 16.5. The number of ether oxygens (including phenoxy) is 2. The first-order valence-corrected chi connectivity index (χ1v) is 11.4. The summed E-state index contributed by atoms with van der Waals surface area (Å²) < 4.78 is 11.1. The van der Waals surface area contributed by atoms with Crippen molar-refractivity contribution >= 4 is 11.6 Å². The largest absolute Gasteiger partial charge is 0.497 e. The molecule has 0 saturated heterocycles. The van der Waals surface area contributed by atoms with Gasteiger partial charge in [-0.05, 0) is 43.3 Å². The van der Waals surface area contributed by atoms with Gasteiger partial charge >= 0.3 is 0 Å². The number of methoxy groups -OCH3 is 2. The van der Waals surface area contributed by atoms with Gasteiger partial charge in [-0.2, -0.15) is 5.10 Å². The van der Waals surface area contributed by atoms with Gasteiger partial charge in [0, 0.05) is 18.5 Å². The fourth-order valence-electron chi connectivity index (χ4n) is 4.26. The second kappa shape index (κ2) is 10.5. The molecule has 0 spiro atoms. The molecule has 0 aromatic heterocycles. The number of hydrazone groups is 1. The lowest BCUT2D eigenvalue weighted by molar-refractivity contribution is -0.134. The summed E-state index contributed by atoms with van der Waals surface area (Å²) in [6.45, 7) is 2.99. The molecule has 0 saturated carbocycles. The Morgan fingerprint density at radius 1 is 1.03 bits per heavy atom. The van der Waals surface area contributed by atoms with Crippen molar-refractivity contribution in [1.29, 1.82) is 0 Å². The van der Waals surface area contributed by atoms with Gasteiger partial charge in [0.25, 0.3) is 5.91 Å². The Bertz CT molecular complexity index is 1160. The number of hydrogen-bond acceptors (Lipinski definition) is 5. The van der Waals surface area contributed by atoms with Gasteiger partial charge in [-0.25, -0.2) is 5.01 Å². The van der Waals surface area contributed by atoms with Gasteiger partial charge in [0.05, 0.1) is 32.5 Å². The summed E-state index contributed by atoms with van der Waals surface area (Å²) >= 11 is 0. The molecule has 3 aromatic carbocycles. The lowest BCUT2D eigenvalue weighted by Gasteiger charge is -2.26. The summed E-state index contributed by atoms with van der Waals surface area (Å²) in [5.74, 6) is 1.37. The van der Waals surface area contributed by atoms with E-state index in [0.29, 0.717) is 24.5 Å². The average Bonchev–Trinajstić information content (AvgIpc) is 3.30. The molecular weight excluding hydrogens is 426 g/mol. The number of nitrogens with zero attached hydrogens (tertiary/aromatic N) is 3. The van der Waals surface area contributed by atoms with Crippen LogP contribution in [0.1, 0.15) is 34.7 Å². The SMILES string of the molecule is COc1ccc(OC)c(C2CC(c3ccc(C)cc3)=NN2C(=O)CN(C)Cc2ccccc2)c1. The number of likely N-dealkylation sites (N-methyl/N-ethyl adjacent to an activating group) is 1. The Morgan fingerprint density at radius 2 is 1.76 bits per heavy atom. The van der Waals surface area contributed by atoms with Gasteiger partial charge < -0.3 is 9.47 Å². The molecule has 0 radical (unpaired) electrons. The van der Waals surface area contributed by atoms with E-state index in [0.717, 1.165) is 22.4 Å². The third-order valence-electron chi connectivity index (χ3n) is 6.05. The Kier molecular flexibility index (Phi) is 7.28. The summed E-state index contributed by atoms with van der Waals surface area (Å²) in [7, 11) is 5.23. The molecule has 6 heteroatoms. The van der Waals surface area contributed by atoms with Crippen LogP contribution in [0.15, 0.2) is 77.9 Å². The van der Waals surface area contributed by atoms with Crippen LogP contribution in [0.3, 0.4) is 0 Å². The Morgan fingerprint density at radius 3 is 2.44 bits per heavy atom. The van der Waals surface area contributed by atoms with Crippen molar-refractivity contribution in [3.8, 4) is 11.5 Å². The quantitative estimate of drug-likeness (QED) is 0.487. The predicted molar refractivity (Wildman–Crippen MR) is 134 cm³/mol. The van der Waals surface area contributed by atoms with Gasteiger partial charge in [0.1, 0.15) is 11.5 Å². The molecule has 0 bridgehead atoms. The van der Waals surface area contributed by atoms with Crippen molar-refractivity contribution in [1.82, 2.24) is 9.91 Å². The van der Waals surface area contributed by atoms with Gasteiger partial charge in [0.15, 0.2) is 0 Å². The Balaban J connectivity index is 1.63. The molecule has 176 valence electrons. The Labute approximate surface area is 201 Å². The zero-order valence-electron chi connectivity index (χ0n) is 20.2.